The number of nitrogens with zero attached hydrogens (tertiary/aromatic N) is 5. The zero-order chi connectivity index (χ0) is 26.8. The molecular weight excluding hydrogens is 509 g/mol. The maximum Gasteiger partial charge on any atom is 0.219 e. The topological polar surface area (TPSA) is 74.1 Å². The normalized spacial score (nSPS) is 16.9. The molecular formula is C28H33ClFN5O3. The molecule has 3 aromatic rings. The molecule has 2 aromatic carbocycles. The molecule has 1 aromatic heterocycles. The van der Waals surface area contributed by atoms with E-state index in [1.54, 1.807) is 28.8 Å². The van der Waals surface area contributed by atoms with Crippen LogP contribution in [0.4, 0.5) is 10.1 Å². The van der Waals surface area contributed by atoms with Crippen molar-refractivity contribution in [2.45, 2.75) is 32.5 Å². The van der Waals surface area contributed by atoms with Crippen LogP contribution in [0.15, 0.2) is 42.5 Å². The number of ether oxygens (including phenoxy) is 1. The van der Waals surface area contributed by atoms with Crippen molar-refractivity contribution < 1.29 is 19.0 Å². The highest BCUT2D eigenvalue weighted by molar-refractivity contribution is 6.30. The molecule has 8 nitrogen and oxygen atoms in total. The van der Waals surface area contributed by atoms with E-state index in [4.69, 9.17) is 21.4 Å². The Hall–Kier alpha value is -3.14. The van der Waals surface area contributed by atoms with Gasteiger partial charge in [0.1, 0.15) is 17.3 Å². The highest BCUT2D eigenvalue weighted by Gasteiger charge is 2.29. The van der Waals surface area contributed by atoms with E-state index in [0.717, 1.165) is 48.9 Å². The van der Waals surface area contributed by atoms with Crippen LogP contribution < -0.4 is 9.64 Å². The highest BCUT2D eigenvalue weighted by Crippen LogP contribution is 2.33. The number of para-hydroxylation sites is 2. The number of aromatic nitrogens is 2. The molecule has 38 heavy (non-hydrogen) atoms. The van der Waals surface area contributed by atoms with Gasteiger partial charge in [-0.05, 0) is 30.3 Å². The summed E-state index contributed by atoms with van der Waals surface area (Å²) >= 11 is 5.97. The summed E-state index contributed by atoms with van der Waals surface area (Å²) < 4.78 is 22.2. The minimum Gasteiger partial charge on any atom is -0.495 e. The molecule has 0 radical (unpaired) electrons. The number of rotatable bonds is 7. The number of carbonyl (C=O) groups is 1. The van der Waals surface area contributed by atoms with Crippen LogP contribution >= 0.6 is 11.6 Å². The van der Waals surface area contributed by atoms with Crippen LogP contribution in [0.3, 0.4) is 0 Å². The SMILES string of the molecule is COc1ccccc1N1CCN(CC(O)Cn2nc(-c3ccc(Cl)cc3F)c3c2CCN(C(C)=O)C3)CC1. The minimum absolute atomic E-state index is 0.0294. The lowest BCUT2D eigenvalue weighted by Crippen LogP contribution is -2.49. The van der Waals surface area contributed by atoms with Crippen molar-refractivity contribution >= 4 is 23.2 Å². The van der Waals surface area contributed by atoms with E-state index in [1.165, 1.54) is 13.0 Å². The Balaban J connectivity index is 1.29. The summed E-state index contributed by atoms with van der Waals surface area (Å²) in [6.45, 7) is 6.59. The number of methoxy groups -OCH3 is 1. The summed E-state index contributed by atoms with van der Waals surface area (Å²) in [5, 5.41) is 16.1. The van der Waals surface area contributed by atoms with Gasteiger partial charge in [-0.25, -0.2) is 4.39 Å². The van der Waals surface area contributed by atoms with Crippen LogP contribution in [-0.4, -0.2) is 83.1 Å². The summed E-state index contributed by atoms with van der Waals surface area (Å²) in [7, 11) is 1.68. The average molecular weight is 542 g/mol. The first kappa shape index (κ1) is 26.5. The minimum atomic E-state index is -0.648. The van der Waals surface area contributed by atoms with E-state index >= 15 is 0 Å². The van der Waals surface area contributed by atoms with Crippen LogP contribution in [0.25, 0.3) is 11.3 Å². The van der Waals surface area contributed by atoms with Gasteiger partial charge < -0.3 is 19.6 Å². The molecule has 2 aliphatic heterocycles. The number of aliphatic hydroxyl groups excluding tert-OH is 1. The Kier molecular flexibility index (Phi) is 7.88. The van der Waals surface area contributed by atoms with Crippen LogP contribution in [0.5, 0.6) is 5.75 Å². The lowest BCUT2D eigenvalue weighted by Gasteiger charge is -2.37. The van der Waals surface area contributed by atoms with Crippen LogP contribution in [0.2, 0.25) is 5.02 Å². The van der Waals surface area contributed by atoms with E-state index in [9.17, 15) is 14.3 Å². The quantitative estimate of drug-likeness (QED) is 0.494. The van der Waals surface area contributed by atoms with Gasteiger partial charge in [-0.2, -0.15) is 5.10 Å². The van der Waals surface area contributed by atoms with Crippen molar-refractivity contribution in [3.8, 4) is 17.0 Å². The third kappa shape index (κ3) is 5.50. The van der Waals surface area contributed by atoms with Crippen LogP contribution in [-0.2, 0) is 24.3 Å². The smallest absolute Gasteiger partial charge is 0.219 e. The Bertz CT molecular complexity index is 1310. The lowest BCUT2D eigenvalue weighted by molar-refractivity contribution is -0.129. The second-order valence-electron chi connectivity index (χ2n) is 9.88. The first-order valence-corrected chi connectivity index (χ1v) is 13.3. The number of anilines is 1. The number of hydrogen-bond donors (Lipinski definition) is 1. The monoisotopic (exact) mass is 541 g/mol. The van der Waals surface area contributed by atoms with Gasteiger partial charge in [0.05, 0.1) is 25.4 Å². The fourth-order valence-corrected chi connectivity index (χ4v) is 5.59. The summed E-state index contributed by atoms with van der Waals surface area (Å²) in [5.74, 6) is 0.372. The maximum atomic E-state index is 14.9. The number of hydrogen-bond acceptors (Lipinski definition) is 6. The van der Waals surface area contributed by atoms with Gasteiger partial charge in [0.2, 0.25) is 5.91 Å². The number of β-amino-alcohol motifs (C(OH)–C–C–N with tert-alkyl or cyclic N) is 1. The van der Waals surface area contributed by atoms with E-state index in [0.29, 0.717) is 48.9 Å². The summed E-state index contributed by atoms with van der Waals surface area (Å²) in [5.41, 5.74) is 3.69. The third-order valence-corrected chi connectivity index (χ3v) is 7.65. The molecule has 1 fully saturated rings. The first-order chi connectivity index (χ1) is 18.3. The fraction of sp³-hybridized carbons (Fsp3) is 0.429. The van der Waals surface area contributed by atoms with Gasteiger partial charge in [0.25, 0.3) is 0 Å². The number of benzene rings is 2. The third-order valence-electron chi connectivity index (χ3n) is 7.42. The van der Waals surface area contributed by atoms with Crippen molar-refractivity contribution in [2.24, 2.45) is 0 Å². The molecule has 5 rings (SSSR count). The Morgan fingerprint density at radius 2 is 1.89 bits per heavy atom. The summed E-state index contributed by atoms with van der Waals surface area (Å²) in [4.78, 5) is 18.4. The second-order valence-corrected chi connectivity index (χ2v) is 10.3. The van der Waals surface area contributed by atoms with Gasteiger partial charge >= 0.3 is 0 Å². The second kappa shape index (κ2) is 11.3. The summed E-state index contributed by atoms with van der Waals surface area (Å²) in [6, 6.07) is 12.5. The predicted molar refractivity (Wildman–Crippen MR) is 145 cm³/mol. The molecule has 1 saturated heterocycles. The van der Waals surface area contributed by atoms with Gasteiger partial charge in [0, 0.05) is 81.0 Å². The first-order valence-electron chi connectivity index (χ1n) is 12.9. The number of fused-ring (bicyclic) bond motifs is 1. The van der Waals surface area contributed by atoms with E-state index < -0.39 is 11.9 Å². The predicted octanol–water partition coefficient (Wildman–Crippen LogP) is 3.44. The average Bonchev–Trinajstić information content (AvgIpc) is 3.26. The van der Waals surface area contributed by atoms with Gasteiger partial charge in [-0.15, -0.1) is 0 Å². The Labute approximate surface area is 227 Å². The van der Waals surface area contributed by atoms with E-state index in [1.807, 2.05) is 18.2 Å². The van der Waals surface area contributed by atoms with Crippen molar-refractivity contribution in [3.63, 3.8) is 0 Å². The molecule has 0 bridgehead atoms. The molecule has 1 unspecified atom stereocenters. The van der Waals surface area contributed by atoms with Crippen molar-refractivity contribution in [3.05, 3.63) is 64.6 Å². The van der Waals surface area contributed by atoms with Crippen LogP contribution in [0, 0.1) is 5.82 Å². The molecule has 0 saturated carbocycles. The fourth-order valence-electron chi connectivity index (χ4n) is 5.43. The zero-order valence-corrected chi connectivity index (χ0v) is 22.5. The molecule has 1 amide bonds. The molecule has 2 aliphatic rings. The molecule has 0 spiro atoms. The van der Waals surface area contributed by atoms with E-state index in [2.05, 4.69) is 15.9 Å². The number of halogens is 2. The zero-order valence-electron chi connectivity index (χ0n) is 21.7. The highest BCUT2D eigenvalue weighted by atomic mass is 35.5. The standard InChI is InChI=1S/C28H33ClFN5O3/c1-19(36)34-10-9-25-23(18-34)28(22-8-7-20(29)15-24(22)30)31-35(25)17-21(37)16-32-11-13-33(14-12-32)26-5-3-4-6-27(26)38-2/h3-8,15,21,37H,9-14,16-18H2,1-2H3. The molecule has 3 heterocycles. The molecule has 1 N–H and O–H groups in total. The number of aliphatic hydroxyl groups is 1. The largest absolute Gasteiger partial charge is 0.495 e. The molecule has 0 aliphatic carbocycles. The number of piperazine rings is 1. The molecule has 1 atom stereocenters. The van der Waals surface area contributed by atoms with Crippen LogP contribution in [0.1, 0.15) is 18.2 Å². The molecule has 202 valence electrons. The van der Waals surface area contributed by atoms with Crippen molar-refractivity contribution in [1.29, 1.82) is 0 Å². The van der Waals surface area contributed by atoms with Crippen molar-refractivity contribution in [1.82, 2.24) is 19.6 Å². The van der Waals surface area contributed by atoms with Gasteiger partial charge in [-0.1, -0.05) is 23.7 Å². The molecule has 10 heteroatoms. The maximum absolute atomic E-state index is 14.9. The van der Waals surface area contributed by atoms with Gasteiger partial charge in [-0.3, -0.25) is 14.4 Å². The number of amides is 1. The van der Waals surface area contributed by atoms with Gasteiger partial charge in [0.15, 0.2) is 0 Å². The lowest BCUT2D eigenvalue weighted by atomic mass is 10.0. The number of carbonyl (C=O) groups excluding carboxylic acids is 1. The summed E-state index contributed by atoms with van der Waals surface area (Å²) in [6.07, 6.45) is -0.0490. The Morgan fingerprint density at radius 1 is 1.13 bits per heavy atom. The van der Waals surface area contributed by atoms with Crippen molar-refractivity contribution in [2.75, 3.05) is 51.3 Å². The Morgan fingerprint density at radius 3 is 2.61 bits per heavy atom. The van der Waals surface area contributed by atoms with E-state index in [-0.39, 0.29) is 5.91 Å².